The average Bonchev–Trinajstić information content (AvgIpc) is 3.10. The summed E-state index contributed by atoms with van der Waals surface area (Å²) in [7, 11) is 0. The van der Waals surface area contributed by atoms with Gasteiger partial charge in [-0.05, 0) is 17.3 Å². The summed E-state index contributed by atoms with van der Waals surface area (Å²) in [5.41, 5.74) is 1.90. The van der Waals surface area contributed by atoms with E-state index in [1.54, 1.807) is 18.2 Å². The molecule has 4 rings (SSSR count). The zero-order chi connectivity index (χ0) is 16.5. The first-order valence-electron chi connectivity index (χ1n) is 7.34. The smallest absolute Gasteiger partial charge is 0.263 e. The zero-order valence-corrected chi connectivity index (χ0v) is 12.5. The first-order chi connectivity index (χ1) is 11.8. The van der Waals surface area contributed by atoms with Crippen LogP contribution in [0, 0.1) is 5.82 Å². The normalized spacial score (nSPS) is 11.0. The molecule has 0 atom stereocenters. The van der Waals surface area contributed by atoms with Gasteiger partial charge in [-0.2, -0.15) is 5.21 Å². The highest BCUT2D eigenvalue weighted by molar-refractivity contribution is 5.80. The Morgan fingerprint density at radius 3 is 2.62 bits per heavy atom. The minimum atomic E-state index is -0.347. The zero-order valence-electron chi connectivity index (χ0n) is 12.5. The van der Waals surface area contributed by atoms with Crippen molar-refractivity contribution >= 4 is 0 Å². The van der Waals surface area contributed by atoms with Gasteiger partial charge in [0, 0.05) is 11.1 Å². The summed E-state index contributed by atoms with van der Waals surface area (Å²) in [6.07, 6.45) is 0. The molecule has 1 N–H and O–H groups in total. The van der Waals surface area contributed by atoms with Crippen molar-refractivity contribution in [2.24, 2.45) is 0 Å². The van der Waals surface area contributed by atoms with E-state index in [1.165, 1.54) is 10.6 Å². The fourth-order valence-corrected chi connectivity index (χ4v) is 2.78. The molecular weight excluding hydrogens is 309 g/mol. The van der Waals surface area contributed by atoms with Gasteiger partial charge in [-0.15, -0.1) is 10.2 Å². The molecule has 0 fully saturated rings. The summed E-state index contributed by atoms with van der Waals surface area (Å²) in [5, 5.41) is 13.7. The summed E-state index contributed by atoms with van der Waals surface area (Å²) in [6, 6.07) is 15.6. The summed E-state index contributed by atoms with van der Waals surface area (Å²) in [5.74, 6) is -0.122. The molecule has 24 heavy (non-hydrogen) atoms. The molecule has 0 spiro atoms. The third-order valence-corrected chi connectivity index (χ3v) is 3.89. The molecule has 0 bridgehead atoms. The van der Waals surface area contributed by atoms with Crippen molar-refractivity contribution < 1.29 is 4.39 Å². The second-order valence-electron chi connectivity index (χ2n) is 5.30. The van der Waals surface area contributed by atoms with E-state index in [-0.39, 0.29) is 23.7 Å². The van der Waals surface area contributed by atoms with Crippen LogP contribution in [-0.4, -0.2) is 25.2 Å². The fourth-order valence-electron chi connectivity index (χ4n) is 2.78. The van der Waals surface area contributed by atoms with Crippen LogP contribution in [0.4, 0.5) is 4.39 Å². The van der Waals surface area contributed by atoms with E-state index in [1.807, 2.05) is 30.3 Å². The van der Waals surface area contributed by atoms with Gasteiger partial charge in [0.1, 0.15) is 5.82 Å². The molecule has 1 aromatic heterocycles. The van der Waals surface area contributed by atoms with Crippen molar-refractivity contribution in [2.45, 2.75) is 6.54 Å². The van der Waals surface area contributed by atoms with Crippen LogP contribution in [0.1, 0.15) is 5.56 Å². The molecule has 0 saturated carbocycles. The van der Waals surface area contributed by atoms with Crippen LogP contribution < -0.4 is 5.56 Å². The monoisotopic (exact) mass is 321 g/mol. The molecule has 2 aromatic rings. The van der Waals surface area contributed by atoms with Crippen molar-refractivity contribution in [1.82, 2.24) is 25.2 Å². The SMILES string of the molecule is O=c1c(-c2nn[nH]n2)c2cccccc-2n1Cc1ccccc1F. The fraction of sp³-hybridized carbons (Fsp3) is 0.0588. The van der Waals surface area contributed by atoms with Gasteiger partial charge in [-0.25, -0.2) is 4.39 Å². The van der Waals surface area contributed by atoms with E-state index in [0.29, 0.717) is 22.4 Å². The van der Waals surface area contributed by atoms with E-state index < -0.39 is 0 Å². The Bertz CT molecular complexity index is 1030. The first kappa shape index (κ1) is 14.3. The lowest BCUT2D eigenvalue weighted by Crippen LogP contribution is -2.18. The number of hydrogen-bond acceptors (Lipinski definition) is 4. The number of benzene rings is 1. The largest absolute Gasteiger partial charge is 0.303 e. The number of nitrogens with zero attached hydrogens (tertiary/aromatic N) is 4. The van der Waals surface area contributed by atoms with Crippen molar-refractivity contribution in [3.05, 3.63) is 76.3 Å². The van der Waals surface area contributed by atoms with Gasteiger partial charge < -0.3 is 4.57 Å². The Morgan fingerprint density at radius 2 is 1.83 bits per heavy atom. The molecule has 6 nitrogen and oxygen atoms in total. The molecule has 0 radical (unpaired) electrons. The molecule has 118 valence electrons. The van der Waals surface area contributed by atoms with Crippen molar-refractivity contribution in [3.63, 3.8) is 0 Å². The number of halogens is 1. The Morgan fingerprint density at radius 1 is 1.04 bits per heavy atom. The molecule has 7 heteroatoms. The van der Waals surface area contributed by atoms with Crippen LogP contribution in [0.5, 0.6) is 0 Å². The first-order valence-corrected chi connectivity index (χ1v) is 7.34. The van der Waals surface area contributed by atoms with Gasteiger partial charge >= 0.3 is 0 Å². The van der Waals surface area contributed by atoms with E-state index >= 15 is 0 Å². The number of aromatic nitrogens is 5. The summed E-state index contributed by atoms with van der Waals surface area (Å²) in [6.45, 7) is 0.129. The third kappa shape index (κ3) is 2.26. The number of tetrazole rings is 1. The third-order valence-electron chi connectivity index (χ3n) is 3.89. The molecule has 2 heterocycles. The maximum Gasteiger partial charge on any atom is 0.263 e. The van der Waals surface area contributed by atoms with Crippen LogP contribution in [0.3, 0.4) is 0 Å². The molecule has 1 aliphatic carbocycles. The molecular formula is C17H12FN5O. The molecule has 1 aliphatic heterocycles. The minimum Gasteiger partial charge on any atom is -0.303 e. The second kappa shape index (κ2) is 5.69. The highest BCUT2D eigenvalue weighted by Crippen LogP contribution is 2.29. The maximum atomic E-state index is 14.0. The molecule has 2 aliphatic rings. The Balaban J connectivity index is 1.96. The maximum absolute atomic E-state index is 14.0. The summed E-state index contributed by atoms with van der Waals surface area (Å²) < 4.78 is 15.5. The van der Waals surface area contributed by atoms with Crippen LogP contribution in [0.2, 0.25) is 0 Å². The Hall–Kier alpha value is -3.35. The van der Waals surface area contributed by atoms with Crippen LogP contribution >= 0.6 is 0 Å². The summed E-state index contributed by atoms with van der Waals surface area (Å²) >= 11 is 0. The number of fused-ring (bicyclic) bond motifs is 1. The lowest BCUT2D eigenvalue weighted by molar-refractivity contribution is 0.598. The van der Waals surface area contributed by atoms with Gasteiger partial charge in [-0.1, -0.05) is 42.5 Å². The standard InChI is InChI=1S/C17H12FN5O/c18-13-8-5-4-6-11(13)10-23-14-9-3-1-2-7-12(14)15(17(23)24)16-19-21-22-20-16/h1-9H,10H2,(H,19,20,21,22). The van der Waals surface area contributed by atoms with Gasteiger partial charge in [0.15, 0.2) is 0 Å². The lowest BCUT2D eigenvalue weighted by atomic mass is 10.1. The lowest BCUT2D eigenvalue weighted by Gasteiger charge is -2.06. The van der Waals surface area contributed by atoms with E-state index in [9.17, 15) is 9.18 Å². The second-order valence-corrected chi connectivity index (χ2v) is 5.30. The van der Waals surface area contributed by atoms with E-state index in [0.717, 1.165) is 0 Å². The van der Waals surface area contributed by atoms with Crippen molar-refractivity contribution in [3.8, 4) is 22.6 Å². The topological polar surface area (TPSA) is 76.5 Å². The van der Waals surface area contributed by atoms with Crippen LogP contribution in [0.15, 0.2) is 59.4 Å². The van der Waals surface area contributed by atoms with Crippen LogP contribution in [0.25, 0.3) is 22.6 Å². The van der Waals surface area contributed by atoms with Crippen molar-refractivity contribution in [2.75, 3.05) is 0 Å². The highest BCUT2D eigenvalue weighted by atomic mass is 19.1. The van der Waals surface area contributed by atoms with Crippen molar-refractivity contribution in [1.29, 1.82) is 0 Å². The quantitative estimate of drug-likeness (QED) is 0.628. The predicted octanol–water partition coefficient (Wildman–Crippen LogP) is 2.32. The summed E-state index contributed by atoms with van der Waals surface area (Å²) in [4.78, 5) is 12.9. The molecule has 0 saturated heterocycles. The highest BCUT2D eigenvalue weighted by Gasteiger charge is 2.24. The average molecular weight is 321 g/mol. The van der Waals surface area contributed by atoms with Gasteiger partial charge in [-0.3, -0.25) is 4.79 Å². The number of aromatic amines is 1. The number of nitrogens with one attached hydrogen (secondary N) is 1. The van der Waals surface area contributed by atoms with Gasteiger partial charge in [0.25, 0.3) is 5.56 Å². The molecule has 0 unspecified atom stereocenters. The molecule has 0 amide bonds. The number of rotatable bonds is 3. The van der Waals surface area contributed by atoms with E-state index in [4.69, 9.17) is 0 Å². The van der Waals surface area contributed by atoms with Gasteiger partial charge in [0.2, 0.25) is 5.82 Å². The number of hydrogen-bond donors (Lipinski definition) is 1. The van der Waals surface area contributed by atoms with Crippen LogP contribution in [-0.2, 0) is 6.54 Å². The van der Waals surface area contributed by atoms with E-state index in [2.05, 4.69) is 20.6 Å². The minimum absolute atomic E-state index is 0.129. The predicted molar refractivity (Wildman–Crippen MR) is 86.0 cm³/mol. The Kier molecular flexibility index (Phi) is 3.38. The number of H-pyrrole nitrogens is 1. The van der Waals surface area contributed by atoms with Gasteiger partial charge in [0.05, 0.1) is 17.8 Å². The molecule has 1 aromatic carbocycles. The Labute approximate surface area is 135 Å².